The number of carboxylic acids is 2. The monoisotopic (exact) mass is 416 g/mol. The molecule has 0 aromatic heterocycles. The van der Waals surface area contributed by atoms with Gasteiger partial charge in [0.1, 0.15) is 18.1 Å². The zero-order chi connectivity index (χ0) is 22.1. The van der Waals surface area contributed by atoms with Crippen LogP contribution < -0.4 is 21.3 Å². The van der Waals surface area contributed by atoms with Crippen LogP contribution >= 0.6 is 0 Å². The number of aliphatic carboxylic acids is 2. The number of carboxylic acid groups (broad SMARTS) is 2. The first kappa shape index (κ1) is 24.3. The maximum absolute atomic E-state index is 12.6. The van der Waals surface area contributed by atoms with Crippen molar-refractivity contribution >= 4 is 29.7 Å². The quantitative estimate of drug-likeness (QED) is 0.189. The predicted molar refractivity (Wildman–Crippen MR) is 98.6 cm³/mol. The number of nitrogens with one attached hydrogen (secondary N) is 4. The second-order valence-electron chi connectivity index (χ2n) is 7.12. The third-order valence-corrected chi connectivity index (χ3v) is 4.43. The highest BCUT2D eigenvalue weighted by Gasteiger charge is 2.32. The Morgan fingerprint density at radius 3 is 2.07 bits per heavy atom. The van der Waals surface area contributed by atoms with Crippen LogP contribution in [-0.2, 0) is 24.0 Å². The smallest absolute Gasteiger partial charge is 0.326 e. The summed E-state index contributed by atoms with van der Waals surface area (Å²) in [6, 6.07) is -4.63. The minimum Gasteiger partial charge on any atom is -0.481 e. The lowest BCUT2D eigenvalue weighted by Crippen LogP contribution is -2.59. The highest BCUT2D eigenvalue weighted by Crippen LogP contribution is 2.08. The normalized spacial score (nSPS) is 19.1. The number of rotatable bonds is 11. The van der Waals surface area contributed by atoms with Gasteiger partial charge in [-0.25, -0.2) is 4.79 Å². The summed E-state index contributed by atoms with van der Waals surface area (Å²) in [5.41, 5.74) is 0. The van der Waals surface area contributed by atoms with Crippen molar-refractivity contribution in [2.24, 2.45) is 5.92 Å². The zero-order valence-electron chi connectivity index (χ0n) is 16.3. The lowest BCUT2D eigenvalue weighted by Gasteiger charge is -2.26. The van der Waals surface area contributed by atoms with E-state index >= 15 is 0 Å². The third kappa shape index (κ3) is 7.66. The molecule has 0 aromatic carbocycles. The number of aliphatic hydroxyl groups excluding tert-OH is 1. The van der Waals surface area contributed by atoms with Crippen LogP contribution in [0.1, 0.15) is 33.1 Å². The van der Waals surface area contributed by atoms with Gasteiger partial charge in [0.2, 0.25) is 17.7 Å². The average molecular weight is 416 g/mol. The van der Waals surface area contributed by atoms with Crippen LogP contribution in [0.5, 0.6) is 0 Å². The molecular formula is C17H28N4O8. The van der Waals surface area contributed by atoms with Gasteiger partial charge in [0.15, 0.2) is 0 Å². The number of carbonyl (C=O) groups is 5. The first-order valence-corrected chi connectivity index (χ1v) is 9.26. The average Bonchev–Trinajstić information content (AvgIpc) is 3.17. The zero-order valence-corrected chi connectivity index (χ0v) is 16.3. The number of hydrogen-bond acceptors (Lipinski definition) is 7. The van der Waals surface area contributed by atoms with Crippen molar-refractivity contribution in [2.75, 3.05) is 13.2 Å². The maximum atomic E-state index is 12.6. The summed E-state index contributed by atoms with van der Waals surface area (Å²) in [5.74, 6) is -5.48. The molecule has 0 radical (unpaired) electrons. The molecular weight excluding hydrogens is 388 g/mol. The van der Waals surface area contributed by atoms with Gasteiger partial charge in [-0.05, 0) is 25.3 Å². The van der Waals surface area contributed by atoms with Crippen molar-refractivity contribution in [3.05, 3.63) is 0 Å². The molecule has 1 aliphatic heterocycles. The Balaban J connectivity index is 2.76. The van der Waals surface area contributed by atoms with Crippen molar-refractivity contribution in [1.82, 2.24) is 21.3 Å². The summed E-state index contributed by atoms with van der Waals surface area (Å²) in [4.78, 5) is 58.8. The van der Waals surface area contributed by atoms with Crippen LogP contribution in [0.2, 0.25) is 0 Å². The molecule has 1 heterocycles. The molecule has 12 heteroatoms. The minimum absolute atomic E-state index is 0.332. The van der Waals surface area contributed by atoms with E-state index in [-0.39, 0.29) is 11.8 Å². The molecule has 0 bridgehead atoms. The lowest BCUT2D eigenvalue weighted by atomic mass is 10.0. The predicted octanol–water partition coefficient (Wildman–Crippen LogP) is -2.60. The number of aliphatic hydroxyl groups is 1. The van der Waals surface area contributed by atoms with Crippen LogP contribution in [0, 0.1) is 5.92 Å². The molecule has 0 spiro atoms. The SMILES string of the molecule is CC(C)C(NC(=O)C1CCCN1)C(=O)NC(CO)C(=O)NC(CC(=O)O)C(=O)O. The molecule has 1 rings (SSSR count). The number of carbonyl (C=O) groups excluding carboxylic acids is 3. The molecule has 164 valence electrons. The largest absolute Gasteiger partial charge is 0.481 e. The van der Waals surface area contributed by atoms with Gasteiger partial charge in [-0.2, -0.15) is 0 Å². The number of amides is 3. The summed E-state index contributed by atoms with van der Waals surface area (Å²) in [7, 11) is 0. The molecule has 12 nitrogen and oxygen atoms in total. The van der Waals surface area contributed by atoms with Crippen LogP contribution in [0.4, 0.5) is 0 Å². The molecule has 1 fully saturated rings. The molecule has 29 heavy (non-hydrogen) atoms. The van der Waals surface area contributed by atoms with Gasteiger partial charge in [0, 0.05) is 0 Å². The highest BCUT2D eigenvalue weighted by atomic mass is 16.4. The van der Waals surface area contributed by atoms with Crippen molar-refractivity contribution in [3.63, 3.8) is 0 Å². The van der Waals surface area contributed by atoms with Crippen LogP contribution in [0.3, 0.4) is 0 Å². The molecule has 0 aliphatic carbocycles. The Morgan fingerprint density at radius 2 is 1.62 bits per heavy atom. The Kier molecular flexibility index (Phi) is 9.48. The molecule has 7 N–H and O–H groups in total. The van der Waals surface area contributed by atoms with E-state index in [9.17, 15) is 29.1 Å². The van der Waals surface area contributed by atoms with Crippen LogP contribution in [0.25, 0.3) is 0 Å². The second kappa shape index (κ2) is 11.3. The minimum atomic E-state index is -1.72. The van der Waals surface area contributed by atoms with Crippen molar-refractivity contribution in [2.45, 2.75) is 57.3 Å². The summed E-state index contributed by atoms with van der Waals surface area (Å²) >= 11 is 0. The summed E-state index contributed by atoms with van der Waals surface area (Å²) in [6.07, 6.45) is 0.608. The van der Waals surface area contributed by atoms with Gasteiger partial charge in [-0.1, -0.05) is 13.8 Å². The lowest BCUT2D eigenvalue weighted by molar-refractivity contribution is -0.147. The van der Waals surface area contributed by atoms with Crippen molar-refractivity contribution in [1.29, 1.82) is 0 Å². The molecule has 4 unspecified atom stereocenters. The van der Waals surface area contributed by atoms with Gasteiger partial charge in [0.25, 0.3) is 0 Å². The molecule has 1 saturated heterocycles. The Morgan fingerprint density at radius 1 is 1.00 bits per heavy atom. The van der Waals surface area contributed by atoms with E-state index in [1.807, 2.05) is 5.32 Å². The fraction of sp³-hybridized carbons (Fsp3) is 0.706. The van der Waals surface area contributed by atoms with Gasteiger partial charge < -0.3 is 36.6 Å². The first-order chi connectivity index (χ1) is 13.6. The van der Waals surface area contributed by atoms with Gasteiger partial charge in [-0.3, -0.25) is 19.2 Å². The molecule has 4 atom stereocenters. The van der Waals surface area contributed by atoms with E-state index in [4.69, 9.17) is 10.2 Å². The van der Waals surface area contributed by atoms with Crippen molar-refractivity contribution in [3.8, 4) is 0 Å². The van der Waals surface area contributed by atoms with Gasteiger partial charge in [-0.15, -0.1) is 0 Å². The first-order valence-electron chi connectivity index (χ1n) is 9.26. The van der Waals surface area contributed by atoms with E-state index in [2.05, 4.69) is 16.0 Å². The van der Waals surface area contributed by atoms with Crippen molar-refractivity contribution < 1.29 is 39.3 Å². The topological polar surface area (TPSA) is 194 Å². The Bertz CT molecular complexity index is 633. The molecule has 0 aromatic rings. The Labute approximate surface area is 167 Å². The molecule has 0 saturated carbocycles. The van der Waals surface area contributed by atoms with Gasteiger partial charge >= 0.3 is 11.9 Å². The highest BCUT2D eigenvalue weighted by molar-refractivity contribution is 5.94. The van der Waals surface area contributed by atoms with E-state index in [1.54, 1.807) is 13.8 Å². The van der Waals surface area contributed by atoms with Crippen LogP contribution in [-0.4, -0.2) is 82.3 Å². The van der Waals surface area contributed by atoms with E-state index in [0.717, 1.165) is 6.42 Å². The summed E-state index contributed by atoms with van der Waals surface area (Å²) in [6.45, 7) is 3.23. The third-order valence-electron chi connectivity index (χ3n) is 4.43. The standard InChI is InChI=1S/C17H28N4O8/c1-8(2)13(21-14(25)9-4-3-5-18-9)16(27)20-11(7-22)15(26)19-10(17(28)29)6-12(23)24/h8-11,13,18,22H,3-7H2,1-2H3,(H,19,26)(H,20,27)(H,21,25)(H,23,24)(H,28,29). The maximum Gasteiger partial charge on any atom is 0.326 e. The van der Waals surface area contributed by atoms with E-state index in [1.165, 1.54) is 0 Å². The summed E-state index contributed by atoms with van der Waals surface area (Å²) in [5, 5.41) is 37.0. The molecule has 3 amide bonds. The van der Waals surface area contributed by atoms with Crippen LogP contribution in [0.15, 0.2) is 0 Å². The van der Waals surface area contributed by atoms with Gasteiger partial charge in [0.05, 0.1) is 19.1 Å². The fourth-order valence-corrected chi connectivity index (χ4v) is 2.80. The molecule has 1 aliphatic rings. The fourth-order valence-electron chi connectivity index (χ4n) is 2.80. The van der Waals surface area contributed by atoms with E-state index in [0.29, 0.717) is 13.0 Å². The van der Waals surface area contributed by atoms with E-state index < -0.39 is 60.9 Å². The Hall–Kier alpha value is -2.73. The number of hydrogen-bond donors (Lipinski definition) is 7. The second-order valence-corrected chi connectivity index (χ2v) is 7.12. The summed E-state index contributed by atoms with van der Waals surface area (Å²) < 4.78 is 0.